The van der Waals surface area contributed by atoms with E-state index in [0.717, 1.165) is 11.7 Å². The summed E-state index contributed by atoms with van der Waals surface area (Å²) in [6, 6.07) is 7.06. The Morgan fingerprint density at radius 2 is 2.13 bits per heavy atom. The van der Waals surface area contributed by atoms with Crippen molar-refractivity contribution >= 4 is 40.1 Å². The largest absolute Gasteiger partial charge is 0.481 e. The standard InChI is InChI=1S/C21H23N3O6/c25-12-13-10-14(26)11-24(13)21-20-19(15-4-1-2-5-16(15)30-20)22-17(23-21)7-9-29-8-3-6-18(27)28/h1-2,4-5,12-14,26H,3,6-11H2,(H,27,28)/t13-,14-/m0/s1. The van der Waals surface area contributed by atoms with Crippen LogP contribution < -0.4 is 4.90 Å². The Hall–Kier alpha value is -3.04. The van der Waals surface area contributed by atoms with Gasteiger partial charge in [0.2, 0.25) is 0 Å². The van der Waals surface area contributed by atoms with Crippen LogP contribution in [0.1, 0.15) is 25.1 Å². The summed E-state index contributed by atoms with van der Waals surface area (Å²) in [7, 11) is 0. The fourth-order valence-electron chi connectivity index (χ4n) is 3.73. The van der Waals surface area contributed by atoms with Crippen molar-refractivity contribution in [1.82, 2.24) is 9.97 Å². The quantitative estimate of drug-likeness (QED) is 0.400. The minimum absolute atomic E-state index is 0.0674. The van der Waals surface area contributed by atoms with Crippen molar-refractivity contribution in [2.75, 3.05) is 24.7 Å². The molecule has 3 aromatic rings. The molecule has 0 radical (unpaired) electrons. The summed E-state index contributed by atoms with van der Waals surface area (Å²) in [5.74, 6) is 0.181. The van der Waals surface area contributed by atoms with Gasteiger partial charge in [-0.1, -0.05) is 12.1 Å². The van der Waals surface area contributed by atoms with Crippen molar-refractivity contribution in [3.05, 3.63) is 30.1 Å². The second-order valence-electron chi connectivity index (χ2n) is 7.34. The number of nitrogens with zero attached hydrogens (tertiary/aromatic N) is 3. The number of carbonyl (C=O) groups excluding carboxylic acids is 1. The molecule has 1 saturated heterocycles. The van der Waals surface area contributed by atoms with Crippen LogP contribution in [0.3, 0.4) is 0 Å². The second-order valence-corrected chi connectivity index (χ2v) is 7.34. The number of hydrogen-bond donors (Lipinski definition) is 2. The van der Waals surface area contributed by atoms with Gasteiger partial charge in [0.15, 0.2) is 11.4 Å². The van der Waals surface area contributed by atoms with Gasteiger partial charge >= 0.3 is 5.97 Å². The molecule has 0 spiro atoms. The van der Waals surface area contributed by atoms with Gasteiger partial charge in [-0.3, -0.25) is 4.79 Å². The zero-order valence-corrected chi connectivity index (χ0v) is 16.4. The molecule has 2 atom stereocenters. The number of carboxylic acids is 1. The number of fused-ring (bicyclic) bond motifs is 3. The summed E-state index contributed by atoms with van der Waals surface area (Å²) in [5.41, 5.74) is 1.82. The summed E-state index contributed by atoms with van der Waals surface area (Å²) in [6.45, 7) is 0.985. The van der Waals surface area contributed by atoms with E-state index in [1.807, 2.05) is 24.3 Å². The van der Waals surface area contributed by atoms with Crippen LogP contribution in [0, 0.1) is 0 Å². The highest BCUT2D eigenvalue weighted by Gasteiger charge is 2.34. The molecular formula is C21H23N3O6. The van der Waals surface area contributed by atoms with Gasteiger partial charge < -0.3 is 29.1 Å². The van der Waals surface area contributed by atoms with E-state index in [4.69, 9.17) is 14.3 Å². The lowest BCUT2D eigenvalue weighted by atomic mass is 10.2. The van der Waals surface area contributed by atoms with Crippen LogP contribution in [-0.2, 0) is 20.7 Å². The second kappa shape index (κ2) is 8.76. The fourth-order valence-corrected chi connectivity index (χ4v) is 3.73. The number of para-hydroxylation sites is 1. The van der Waals surface area contributed by atoms with E-state index in [-0.39, 0.29) is 13.0 Å². The van der Waals surface area contributed by atoms with Gasteiger partial charge in [0.1, 0.15) is 23.2 Å². The molecule has 4 rings (SSSR count). The summed E-state index contributed by atoms with van der Waals surface area (Å²) >= 11 is 0. The Morgan fingerprint density at radius 1 is 1.30 bits per heavy atom. The number of β-amino-alcohol motifs (C(OH)–C–C–N with tert-alkyl or cyclic N) is 1. The average molecular weight is 413 g/mol. The highest BCUT2D eigenvalue weighted by molar-refractivity contribution is 6.06. The van der Waals surface area contributed by atoms with E-state index in [2.05, 4.69) is 9.97 Å². The number of aromatic nitrogens is 2. The zero-order chi connectivity index (χ0) is 21.1. The molecule has 3 heterocycles. The van der Waals surface area contributed by atoms with E-state index in [0.29, 0.717) is 60.8 Å². The molecule has 2 N–H and O–H groups in total. The molecule has 9 heteroatoms. The van der Waals surface area contributed by atoms with Crippen molar-refractivity contribution in [2.24, 2.45) is 0 Å². The number of ether oxygens (including phenoxy) is 1. The fraction of sp³-hybridized carbons (Fsp3) is 0.429. The molecule has 158 valence electrons. The normalized spacial score (nSPS) is 19.0. The molecule has 30 heavy (non-hydrogen) atoms. The Labute approximate surface area is 172 Å². The average Bonchev–Trinajstić information content (AvgIpc) is 3.30. The van der Waals surface area contributed by atoms with Crippen LogP contribution in [0.2, 0.25) is 0 Å². The third-order valence-electron chi connectivity index (χ3n) is 5.15. The van der Waals surface area contributed by atoms with Crippen LogP contribution >= 0.6 is 0 Å². The maximum absolute atomic E-state index is 11.6. The summed E-state index contributed by atoms with van der Waals surface area (Å²) in [5, 5.41) is 19.6. The topological polar surface area (TPSA) is 126 Å². The first-order valence-corrected chi connectivity index (χ1v) is 9.94. The first-order valence-electron chi connectivity index (χ1n) is 9.94. The molecule has 0 saturated carbocycles. The number of carboxylic acid groups (broad SMARTS) is 1. The minimum atomic E-state index is -0.846. The van der Waals surface area contributed by atoms with Crippen molar-refractivity contribution < 1.29 is 29.0 Å². The van der Waals surface area contributed by atoms with Crippen LogP contribution in [0.25, 0.3) is 22.1 Å². The maximum atomic E-state index is 11.6. The number of anilines is 1. The van der Waals surface area contributed by atoms with Crippen molar-refractivity contribution in [2.45, 2.75) is 37.8 Å². The van der Waals surface area contributed by atoms with Crippen LogP contribution in [0.4, 0.5) is 5.82 Å². The lowest BCUT2D eigenvalue weighted by Crippen LogP contribution is -2.32. The molecule has 0 amide bonds. The summed E-state index contributed by atoms with van der Waals surface area (Å²) in [4.78, 5) is 33.2. The Morgan fingerprint density at radius 3 is 2.93 bits per heavy atom. The first kappa shape index (κ1) is 20.2. The number of aliphatic carboxylic acids is 1. The molecule has 1 fully saturated rings. The van der Waals surface area contributed by atoms with Crippen LogP contribution in [0.15, 0.2) is 28.7 Å². The third kappa shape index (κ3) is 4.12. The number of aliphatic hydroxyl groups excluding tert-OH is 1. The molecule has 2 aromatic heterocycles. The predicted molar refractivity (Wildman–Crippen MR) is 109 cm³/mol. The van der Waals surface area contributed by atoms with E-state index >= 15 is 0 Å². The number of aliphatic hydroxyl groups is 1. The van der Waals surface area contributed by atoms with Gasteiger partial charge in [-0.15, -0.1) is 0 Å². The van der Waals surface area contributed by atoms with Gasteiger partial charge in [-0.25, -0.2) is 9.97 Å². The van der Waals surface area contributed by atoms with Crippen LogP contribution in [0.5, 0.6) is 0 Å². The SMILES string of the molecule is O=C[C@@H]1C[C@H](O)CN1c1nc(CCOCCCC(=O)O)nc2c1oc1ccccc12. The van der Waals surface area contributed by atoms with Gasteiger partial charge in [-0.2, -0.15) is 0 Å². The van der Waals surface area contributed by atoms with Gasteiger partial charge in [0.25, 0.3) is 0 Å². The Bertz CT molecular complexity index is 1070. The van der Waals surface area contributed by atoms with E-state index < -0.39 is 18.1 Å². The zero-order valence-electron chi connectivity index (χ0n) is 16.4. The van der Waals surface area contributed by atoms with Crippen molar-refractivity contribution in [3.8, 4) is 0 Å². The predicted octanol–water partition coefficient (Wildman–Crippen LogP) is 1.94. The maximum Gasteiger partial charge on any atom is 0.303 e. The lowest BCUT2D eigenvalue weighted by Gasteiger charge is -2.21. The van der Waals surface area contributed by atoms with Crippen molar-refractivity contribution in [1.29, 1.82) is 0 Å². The van der Waals surface area contributed by atoms with E-state index in [1.54, 1.807) is 4.90 Å². The molecule has 1 aliphatic rings. The molecule has 0 bridgehead atoms. The Balaban J connectivity index is 1.63. The van der Waals surface area contributed by atoms with Crippen molar-refractivity contribution in [3.63, 3.8) is 0 Å². The van der Waals surface area contributed by atoms with Crippen LogP contribution in [-0.4, -0.2) is 64.3 Å². The van der Waals surface area contributed by atoms with Gasteiger partial charge in [0, 0.05) is 37.8 Å². The molecule has 9 nitrogen and oxygen atoms in total. The number of furan rings is 1. The number of aldehydes is 1. The first-order chi connectivity index (χ1) is 14.6. The smallest absolute Gasteiger partial charge is 0.303 e. The summed E-state index contributed by atoms with van der Waals surface area (Å²) < 4.78 is 11.5. The highest BCUT2D eigenvalue weighted by Crippen LogP contribution is 2.35. The van der Waals surface area contributed by atoms with E-state index in [9.17, 15) is 14.7 Å². The van der Waals surface area contributed by atoms with E-state index in [1.165, 1.54) is 0 Å². The Kier molecular flexibility index (Phi) is 5.91. The summed E-state index contributed by atoms with van der Waals surface area (Å²) in [6.07, 6.45) is 1.49. The number of hydrogen-bond acceptors (Lipinski definition) is 8. The monoisotopic (exact) mass is 413 g/mol. The molecule has 1 aliphatic heterocycles. The molecule has 1 aromatic carbocycles. The molecular weight excluding hydrogens is 390 g/mol. The van der Waals surface area contributed by atoms with Gasteiger partial charge in [0.05, 0.1) is 18.8 Å². The van der Waals surface area contributed by atoms with Gasteiger partial charge in [-0.05, 0) is 18.6 Å². The molecule has 0 unspecified atom stereocenters. The number of rotatable bonds is 9. The lowest BCUT2D eigenvalue weighted by molar-refractivity contribution is -0.137. The number of carbonyl (C=O) groups is 2. The minimum Gasteiger partial charge on any atom is -0.481 e. The number of benzene rings is 1. The highest BCUT2D eigenvalue weighted by atomic mass is 16.5. The molecule has 0 aliphatic carbocycles. The third-order valence-corrected chi connectivity index (χ3v) is 5.15.